The minimum atomic E-state index is -0.315. The van der Waals surface area contributed by atoms with Crippen LogP contribution >= 0.6 is 0 Å². The average molecular weight is 461 g/mol. The molecule has 1 saturated carbocycles. The maximum atomic E-state index is 12.8. The van der Waals surface area contributed by atoms with E-state index in [9.17, 15) is 10.1 Å². The van der Waals surface area contributed by atoms with Crippen molar-refractivity contribution in [2.45, 2.75) is 73.0 Å². The molecule has 0 aromatic heterocycles. The summed E-state index contributed by atoms with van der Waals surface area (Å²) in [7, 11) is 0. The molecule has 2 aromatic rings. The number of hydrogen-bond acceptors (Lipinski definition) is 4. The molecule has 2 atom stereocenters. The molecular formula is C29H36N2O3. The van der Waals surface area contributed by atoms with E-state index in [4.69, 9.17) is 9.47 Å². The quantitative estimate of drug-likeness (QED) is 0.376. The van der Waals surface area contributed by atoms with Crippen LogP contribution in [0, 0.1) is 38.0 Å². The molecule has 180 valence electrons. The maximum absolute atomic E-state index is 12.8. The molecule has 0 bridgehead atoms. The molecule has 3 rings (SSSR count). The Hall–Kier alpha value is -3.26. The molecular weight excluding hydrogens is 424 g/mol. The lowest BCUT2D eigenvalue weighted by Gasteiger charge is -2.29. The number of aryl methyl sites for hydroxylation is 3. The zero-order valence-electron chi connectivity index (χ0n) is 21.0. The topological polar surface area (TPSA) is 71.3 Å². The molecule has 34 heavy (non-hydrogen) atoms. The van der Waals surface area contributed by atoms with Crippen molar-refractivity contribution in [3.05, 3.63) is 63.7 Å². The van der Waals surface area contributed by atoms with Gasteiger partial charge in [-0.2, -0.15) is 5.26 Å². The molecule has 1 N–H and O–H groups in total. The zero-order valence-corrected chi connectivity index (χ0v) is 21.0. The highest BCUT2D eigenvalue weighted by Crippen LogP contribution is 2.31. The van der Waals surface area contributed by atoms with Crippen LogP contribution in [0.25, 0.3) is 6.08 Å². The van der Waals surface area contributed by atoms with Crippen LogP contribution in [-0.2, 0) is 11.4 Å². The van der Waals surface area contributed by atoms with Crippen LogP contribution in [0.15, 0.2) is 35.9 Å². The maximum Gasteiger partial charge on any atom is 0.262 e. The second-order valence-corrected chi connectivity index (χ2v) is 9.32. The average Bonchev–Trinajstić information content (AvgIpc) is 2.79. The van der Waals surface area contributed by atoms with Crippen molar-refractivity contribution in [1.82, 2.24) is 5.32 Å². The third-order valence-electron chi connectivity index (χ3n) is 6.58. The number of hydrogen-bond donors (Lipinski definition) is 1. The smallest absolute Gasteiger partial charge is 0.262 e. The van der Waals surface area contributed by atoms with Crippen LogP contribution in [-0.4, -0.2) is 18.6 Å². The van der Waals surface area contributed by atoms with E-state index in [1.807, 2.05) is 25.1 Å². The third kappa shape index (κ3) is 6.41. The van der Waals surface area contributed by atoms with Gasteiger partial charge in [-0.15, -0.1) is 0 Å². The van der Waals surface area contributed by atoms with Gasteiger partial charge in [0, 0.05) is 6.04 Å². The molecule has 0 heterocycles. The highest BCUT2D eigenvalue weighted by atomic mass is 16.5. The Morgan fingerprint density at radius 1 is 1.09 bits per heavy atom. The number of rotatable bonds is 8. The van der Waals surface area contributed by atoms with E-state index in [2.05, 4.69) is 51.2 Å². The first-order valence-corrected chi connectivity index (χ1v) is 12.2. The number of benzene rings is 2. The summed E-state index contributed by atoms with van der Waals surface area (Å²) in [6, 6.07) is 12.0. The molecule has 1 amide bonds. The van der Waals surface area contributed by atoms with Gasteiger partial charge >= 0.3 is 0 Å². The number of ether oxygens (including phenoxy) is 2. The predicted molar refractivity (Wildman–Crippen MR) is 136 cm³/mol. The SMILES string of the molecule is CCOc1cc(/C=C(\C#N)C(=O)N[C@@H]2CCCC[C@@H]2C)ccc1OCc1c(C)cc(C)cc1C. The highest BCUT2D eigenvalue weighted by molar-refractivity contribution is 6.01. The van der Waals surface area contributed by atoms with Crippen LogP contribution in [0.1, 0.15) is 67.3 Å². The fraction of sp³-hybridized carbons (Fsp3) is 0.448. The van der Waals surface area contributed by atoms with E-state index in [1.54, 1.807) is 6.08 Å². The van der Waals surface area contributed by atoms with E-state index < -0.39 is 0 Å². The minimum absolute atomic E-state index is 0.0970. The lowest BCUT2D eigenvalue weighted by atomic mass is 9.86. The Balaban J connectivity index is 1.77. The van der Waals surface area contributed by atoms with E-state index in [0.717, 1.165) is 30.4 Å². The summed E-state index contributed by atoms with van der Waals surface area (Å²) in [5.41, 5.74) is 5.62. The van der Waals surface area contributed by atoms with Gasteiger partial charge in [-0.1, -0.05) is 43.5 Å². The third-order valence-corrected chi connectivity index (χ3v) is 6.58. The standard InChI is InChI=1S/C29H36N2O3/c1-6-33-28-16-23(15-24(17-30)29(32)31-26-10-8-7-9-20(26)3)11-12-27(28)34-18-25-21(4)13-19(2)14-22(25)5/h11-16,20,26H,6-10,18H2,1-5H3,(H,31,32)/b24-15+/t20-,26+/m0/s1. The Morgan fingerprint density at radius 3 is 2.44 bits per heavy atom. The number of amides is 1. The Labute approximate surface area is 203 Å². The summed E-state index contributed by atoms with van der Waals surface area (Å²) in [6.07, 6.45) is 6.00. The van der Waals surface area contributed by atoms with E-state index in [0.29, 0.717) is 30.6 Å². The van der Waals surface area contributed by atoms with Crippen LogP contribution in [0.3, 0.4) is 0 Å². The van der Waals surface area contributed by atoms with E-state index in [1.165, 1.54) is 23.1 Å². The molecule has 0 saturated heterocycles. The van der Waals surface area contributed by atoms with Gasteiger partial charge in [0.25, 0.3) is 5.91 Å². The first-order valence-electron chi connectivity index (χ1n) is 12.2. The summed E-state index contributed by atoms with van der Waals surface area (Å²) in [5, 5.41) is 12.7. The van der Waals surface area contributed by atoms with Crippen molar-refractivity contribution < 1.29 is 14.3 Å². The minimum Gasteiger partial charge on any atom is -0.490 e. The number of nitrogens with zero attached hydrogens (tertiary/aromatic N) is 1. The van der Waals surface area contributed by atoms with Crippen molar-refractivity contribution in [3.63, 3.8) is 0 Å². The first kappa shape index (κ1) is 25.4. The Kier molecular flexibility index (Phi) is 8.76. The molecule has 5 nitrogen and oxygen atoms in total. The monoisotopic (exact) mass is 460 g/mol. The Bertz CT molecular complexity index is 1070. The fourth-order valence-corrected chi connectivity index (χ4v) is 4.68. The van der Waals surface area contributed by atoms with Gasteiger partial charge in [0.15, 0.2) is 11.5 Å². The lowest BCUT2D eigenvalue weighted by molar-refractivity contribution is -0.118. The summed E-state index contributed by atoms with van der Waals surface area (Å²) in [5.74, 6) is 1.35. The summed E-state index contributed by atoms with van der Waals surface area (Å²) in [4.78, 5) is 12.8. The summed E-state index contributed by atoms with van der Waals surface area (Å²) >= 11 is 0. The van der Waals surface area contributed by atoms with Gasteiger partial charge < -0.3 is 14.8 Å². The van der Waals surface area contributed by atoms with Crippen molar-refractivity contribution in [3.8, 4) is 17.6 Å². The van der Waals surface area contributed by atoms with Crippen molar-refractivity contribution in [1.29, 1.82) is 5.26 Å². The van der Waals surface area contributed by atoms with Gasteiger partial charge in [-0.05, 0) is 86.9 Å². The van der Waals surface area contributed by atoms with Crippen LogP contribution in [0.2, 0.25) is 0 Å². The summed E-state index contributed by atoms with van der Waals surface area (Å²) < 4.78 is 12.0. The Morgan fingerprint density at radius 2 is 1.79 bits per heavy atom. The predicted octanol–water partition coefficient (Wildman–Crippen LogP) is 6.19. The molecule has 0 spiro atoms. The molecule has 0 radical (unpaired) electrons. The second kappa shape index (κ2) is 11.7. The van der Waals surface area contributed by atoms with E-state index in [-0.39, 0.29) is 17.5 Å². The fourth-order valence-electron chi connectivity index (χ4n) is 4.68. The van der Waals surface area contributed by atoms with Crippen molar-refractivity contribution in [2.24, 2.45) is 5.92 Å². The zero-order chi connectivity index (χ0) is 24.7. The summed E-state index contributed by atoms with van der Waals surface area (Å²) in [6.45, 7) is 11.3. The van der Waals surface area contributed by atoms with Crippen LogP contribution in [0.5, 0.6) is 11.5 Å². The normalized spacial score (nSPS) is 18.2. The van der Waals surface area contributed by atoms with Gasteiger partial charge in [0.2, 0.25) is 0 Å². The molecule has 1 fully saturated rings. The molecule has 1 aliphatic carbocycles. The highest BCUT2D eigenvalue weighted by Gasteiger charge is 2.24. The number of nitriles is 1. The molecule has 5 heteroatoms. The van der Waals surface area contributed by atoms with Crippen LogP contribution in [0.4, 0.5) is 0 Å². The van der Waals surface area contributed by atoms with E-state index >= 15 is 0 Å². The molecule has 0 unspecified atom stereocenters. The van der Waals surface area contributed by atoms with Gasteiger partial charge in [-0.25, -0.2) is 0 Å². The molecule has 0 aliphatic heterocycles. The van der Waals surface area contributed by atoms with Gasteiger partial charge in [-0.3, -0.25) is 4.79 Å². The van der Waals surface area contributed by atoms with Crippen LogP contribution < -0.4 is 14.8 Å². The second-order valence-electron chi connectivity index (χ2n) is 9.32. The first-order chi connectivity index (χ1) is 16.3. The van der Waals surface area contributed by atoms with Gasteiger partial charge in [0.1, 0.15) is 18.2 Å². The number of nitrogens with one attached hydrogen (secondary N) is 1. The lowest BCUT2D eigenvalue weighted by Crippen LogP contribution is -2.41. The molecule has 2 aromatic carbocycles. The van der Waals surface area contributed by atoms with Gasteiger partial charge in [0.05, 0.1) is 6.61 Å². The van der Waals surface area contributed by atoms with Crippen molar-refractivity contribution >= 4 is 12.0 Å². The molecule has 1 aliphatic rings. The van der Waals surface area contributed by atoms with Crippen molar-refractivity contribution in [2.75, 3.05) is 6.61 Å². The number of carbonyl (C=O) groups excluding carboxylic acids is 1. The number of carbonyl (C=O) groups is 1. The largest absolute Gasteiger partial charge is 0.490 e.